The van der Waals surface area contributed by atoms with Gasteiger partial charge in [0.05, 0.1) is 5.69 Å². The van der Waals surface area contributed by atoms with Crippen LogP contribution < -0.4 is 0 Å². The molecule has 3 rings (SSSR count). The minimum atomic E-state index is -0.354. The first-order chi connectivity index (χ1) is 11.1. The number of nitrogens with zero attached hydrogens (tertiary/aromatic N) is 5. The second-order valence-corrected chi connectivity index (χ2v) is 5.78. The summed E-state index contributed by atoms with van der Waals surface area (Å²) >= 11 is 0. The van der Waals surface area contributed by atoms with Crippen LogP contribution in [0.1, 0.15) is 23.2 Å². The van der Waals surface area contributed by atoms with E-state index in [0.29, 0.717) is 12.1 Å². The number of likely N-dealkylation sites (tertiary alicyclic amines) is 1. The maximum atomic E-state index is 12.7. The molecule has 1 atom stereocenters. The molecule has 1 aromatic carbocycles. The molecule has 1 aliphatic heterocycles. The SMILES string of the molecule is CN(C)C(=O)C1CCCN1C(=O)c1ccc(-n2cncn2)cc1. The number of benzene rings is 1. The third-order valence-electron chi connectivity index (χ3n) is 4.04. The molecule has 0 saturated carbocycles. The summed E-state index contributed by atoms with van der Waals surface area (Å²) in [6, 6.07) is 6.80. The average Bonchev–Trinajstić information content (AvgIpc) is 3.25. The van der Waals surface area contributed by atoms with E-state index in [-0.39, 0.29) is 17.9 Å². The van der Waals surface area contributed by atoms with Crippen molar-refractivity contribution in [2.45, 2.75) is 18.9 Å². The molecular formula is C16H19N5O2. The molecule has 23 heavy (non-hydrogen) atoms. The molecule has 1 unspecified atom stereocenters. The van der Waals surface area contributed by atoms with Gasteiger partial charge in [0.2, 0.25) is 5.91 Å². The summed E-state index contributed by atoms with van der Waals surface area (Å²) in [5, 5.41) is 4.05. The van der Waals surface area contributed by atoms with Crippen LogP contribution in [0.5, 0.6) is 0 Å². The lowest BCUT2D eigenvalue weighted by Crippen LogP contribution is -2.45. The Kier molecular flexibility index (Phi) is 4.10. The summed E-state index contributed by atoms with van der Waals surface area (Å²) in [4.78, 5) is 32.0. The Balaban J connectivity index is 1.78. The highest BCUT2D eigenvalue weighted by Crippen LogP contribution is 2.22. The van der Waals surface area contributed by atoms with Crippen molar-refractivity contribution in [1.82, 2.24) is 24.6 Å². The van der Waals surface area contributed by atoms with Crippen molar-refractivity contribution in [2.24, 2.45) is 0 Å². The van der Waals surface area contributed by atoms with Crippen molar-refractivity contribution in [3.63, 3.8) is 0 Å². The number of carbonyl (C=O) groups is 2. The van der Waals surface area contributed by atoms with Crippen LogP contribution in [0, 0.1) is 0 Å². The van der Waals surface area contributed by atoms with Gasteiger partial charge in [-0.3, -0.25) is 9.59 Å². The normalized spacial score (nSPS) is 17.3. The van der Waals surface area contributed by atoms with Crippen LogP contribution in [0.3, 0.4) is 0 Å². The maximum Gasteiger partial charge on any atom is 0.254 e. The minimum Gasteiger partial charge on any atom is -0.347 e. The molecule has 120 valence electrons. The number of aromatic nitrogens is 3. The molecule has 1 fully saturated rings. The first kappa shape index (κ1) is 15.2. The quantitative estimate of drug-likeness (QED) is 0.846. The Hall–Kier alpha value is -2.70. The summed E-state index contributed by atoms with van der Waals surface area (Å²) in [5.41, 5.74) is 1.41. The van der Waals surface area contributed by atoms with Crippen molar-refractivity contribution >= 4 is 11.8 Å². The van der Waals surface area contributed by atoms with E-state index in [4.69, 9.17) is 0 Å². The lowest BCUT2D eigenvalue weighted by Gasteiger charge is -2.26. The van der Waals surface area contributed by atoms with E-state index in [1.807, 2.05) is 12.1 Å². The van der Waals surface area contributed by atoms with Gasteiger partial charge in [-0.2, -0.15) is 5.10 Å². The van der Waals surface area contributed by atoms with Gasteiger partial charge in [-0.1, -0.05) is 0 Å². The molecule has 1 saturated heterocycles. The molecule has 7 nitrogen and oxygen atoms in total. The Labute approximate surface area is 134 Å². The molecule has 7 heteroatoms. The van der Waals surface area contributed by atoms with Crippen molar-refractivity contribution in [2.75, 3.05) is 20.6 Å². The Morgan fingerprint density at radius 2 is 1.96 bits per heavy atom. The highest BCUT2D eigenvalue weighted by molar-refractivity contribution is 5.98. The Morgan fingerprint density at radius 1 is 1.22 bits per heavy atom. The Morgan fingerprint density at radius 3 is 2.57 bits per heavy atom. The number of hydrogen-bond donors (Lipinski definition) is 0. The number of rotatable bonds is 3. The maximum absolute atomic E-state index is 12.7. The van der Waals surface area contributed by atoms with Crippen molar-refractivity contribution in [1.29, 1.82) is 0 Å². The van der Waals surface area contributed by atoms with Gasteiger partial charge in [-0.05, 0) is 37.1 Å². The highest BCUT2D eigenvalue weighted by Gasteiger charge is 2.35. The van der Waals surface area contributed by atoms with E-state index in [1.54, 1.807) is 47.0 Å². The lowest BCUT2D eigenvalue weighted by molar-refractivity contribution is -0.132. The fourth-order valence-electron chi connectivity index (χ4n) is 2.83. The molecule has 2 heterocycles. The molecule has 0 N–H and O–H groups in total. The van der Waals surface area contributed by atoms with Gasteiger partial charge in [-0.15, -0.1) is 0 Å². The highest BCUT2D eigenvalue weighted by atomic mass is 16.2. The lowest BCUT2D eigenvalue weighted by atomic mass is 10.1. The van der Waals surface area contributed by atoms with Gasteiger partial charge in [0.25, 0.3) is 5.91 Å². The van der Waals surface area contributed by atoms with E-state index < -0.39 is 0 Å². The van der Waals surface area contributed by atoms with Crippen LogP contribution in [0.4, 0.5) is 0 Å². The molecule has 0 bridgehead atoms. The van der Waals surface area contributed by atoms with Gasteiger partial charge >= 0.3 is 0 Å². The zero-order chi connectivity index (χ0) is 16.4. The van der Waals surface area contributed by atoms with Crippen LogP contribution in [0.25, 0.3) is 5.69 Å². The predicted molar refractivity (Wildman–Crippen MR) is 84.1 cm³/mol. The molecule has 1 aliphatic rings. The van der Waals surface area contributed by atoms with Crippen molar-refractivity contribution < 1.29 is 9.59 Å². The standard InChI is InChI=1S/C16H19N5O2/c1-19(2)16(23)14-4-3-9-20(14)15(22)12-5-7-13(8-6-12)21-11-17-10-18-21/h5-8,10-11,14H,3-4,9H2,1-2H3. The van der Waals surface area contributed by atoms with Gasteiger partial charge in [0.15, 0.2) is 0 Å². The second kappa shape index (κ2) is 6.20. The summed E-state index contributed by atoms with van der Waals surface area (Å²) in [6.45, 7) is 0.619. The average molecular weight is 313 g/mol. The van der Waals surface area contributed by atoms with Crippen molar-refractivity contribution in [3.05, 3.63) is 42.5 Å². The fraction of sp³-hybridized carbons (Fsp3) is 0.375. The predicted octanol–water partition coefficient (Wildman–Crippen LogP) is 0.960. The van der Waals surface area contributed by atoms with E-state index in [9.17, 15) is 9.59 Å². The van der Waals surface area contributed by atoms with Crippen LogP contribution in [-0.2, 0) is 4.79 Å². The number of amides is 2. The Bertz CT molecular complexity index is 694. The van der Waals surface area contributed by atoms with Crippen LogP contribution in [0.2, 0.25) is 0 Å². The van der Waals surface area contributed by atoms with Crippen molar-refractivity contribution in [3.8, 4) is 5.69 Å². The molecule has 0 aliphatic carbocycles. The summed E-state index contributed by atoms with van der Waals surface area (Å²) < 4.78 is 1.63. The molecule has 2 aromatic rings. The topological polar surface area (TPSA) is 71.3 Å². The summed E-state index contributed by atoms with van der Waals surface area (Å²) in [6.07, 6.45) is 4.64. The summed E-state index contributed by atoms with van der Waals surface area (Å²) in [5.74, 6) is -0.122. The molecule has 0 radical (unpaired) electrons. The van der Waals surface area contributed by atoms with Crippen LogP contribution in [-0.4, -0.2) is 63.1 Å². The molecule has 2 amide bonds. The third kappa shape index (κ3) is 2.94. The molecule has 1 aromatic heterocycles. The van der Waals surface area contributed by atoms with E-state index in [2.05, 4.69) is 10.1 Å². The largest absolute Gasteiger partial charge is 0.347 e. The molecular weight excluding hydrogens is 294 g/mol. The number of likely N-dealkylation sites (N-methyl/N-ethyl adjacent to an activating group) is 1. The minimum absolute atomic E-state index is 0.0184. The first-order valence-electron chi connectivity index (χ1n) is 7.55. The smallest absolute Gasteiger partial charge is 0.254 e. The van der Waals surface area contributed by atoms with Gasteiger partial charge in [0, 0.05) is 26.2 Å². The molecule has 0 spiro atoms. The monoisotopic (exact) mass is 313 g/mol. The van der Waals surface area contributed by atoms with E-state index in [0.717, 1.165) is 18.5 Å². The fourth-order valence-corrected chi connectivity index (χ4v) is 2.83. The summed E-state index contributed by atoms with van der Waals surface area (Å²) in [7, 11) is 3.44. The zero-order valence-corrected chi connectivity index (χ0v) is 13.2. The number of carbonyl (C=O) groups excluding carboxylic acids is 2. The van der Waals surface area contributed by atoms with Crippen LogP contribution >= 0.6 is 0 Å². The van der Waals surface area contributed by atoms with E-state index >= 15 is 0 Å². The third-order valence-corrected chi connectivity index (χ3v) is 4.04. The number of hydrogen-bond acceptors (Lipinski definition) is 4. The van der Waals surface area contributed by atoms with Gasteiger partial charge in [0.1, 0.15) is 18.7 Å². The second-order valence-electron chi connectivity index (χ2n) is 5.78. The zero-order valence-electron chi connectivity index (χ0n) is 13.2. The van der Waals surface area contributed by atoms with Crippen LogP contribution in [0.15, 0.2) is 36.9 Å². The first-order valence-corrected chi connectivity index (χ1v) is 7.55. The van der Waals surface area contributed by atoms with Gasteiger partial charge < -0.3 is 9.80 Å². The van der Waals surface area contributed by atoms with E-state index in [1.165, 1.54) is 6.33 Å². The van der Waals surface area contributed by atoms with Gasteiger partial charge in [-0.25, -0.2) is 9.67 Å².